The summed E-state index contributed by atoms with van der Waals surface area (Å²) in [6.07, 6.45) is 2.13. The number of hydroxylamine groups is 1. The Labute approximate surface area is 112 Å². The maximum Gasteiger partial charge on any atom is 0.260 e. The highest BCUT2D eigenvalue weighted by Gasteiger charge is 2.42. The molecule has 3 unspecified atom stereocenters. The van der Waals surface area contributed by atoms with Gasteiger partial charge >= 0.3 is 0 Å². The summed E-state index contributed by atoms with van der Waals surface area (Å²) in [6, 6.07) is -0.223. The molecule has 0 bridgehead atoms. The van der Waals surface area contributed by atoms with E-state index in [4.69, 9.17) is 14.3 Å². The summed E-state index contributed by atoms with van der Waals surface area (Å²) in [7, 11) is 1.50. The van der Waals surface area contributed by atoms with Crippen molar-refractivity contribution in [3.05, 3.63) is 0 Å². The number of rotatable bonds is 5. The molecule has 110 valence electrons. The summed E-state index contributed by atoms with van der Waals surface area (Å²) in [5.74, 6) is -0.230. The first-order valence-corrected chi connectivity index (χ1v) is 6.67. The van der Waals surface area contributed by atoms with E-state index in [9.17, 15) is 9.90 Å². The molecule has 2 aliphatic heterocycles. The Kier molecular flexibility index (Phi) is 5.12. The van der Waals surface area contributed by atoms with Gasteiger partial charge in [-0.05, 0) is 32.2 Å². The van der Waals surface area contributed by atoms with Crippen molar-refractivity contribution < 1.29 is 24.2 Å². The van der Waals surface area contributed by atoms with Gasteiger partial charge in [0.05, 0.1) is 19.3 Å². The third-order valence-corrected chi connectivity index (χ3v) is 3.50. The molecular weight excluding hydrogens is 252 g/mol. The SMILES string of the molecule is COCC1(O)CCCOC1ONC(=O)C1CCCN1. The Balaban J connectivity index is 1.83. The molecule has 0 aromatic rings. The highest BCUT2D eigenvalue weighted by atomic mass is 16.8. The molecule has 2 rings (SSSR count). The first-order chi connectivity index (χ1) is 9.15. The molecule has 7 heteroatoms. The van der Waals surface area contributed by atoms with Crippen LogP contribution in [0.15, 0.2) is 0 Å². The van der Waals surface area contributed by atoms with Gasteiger partial charge in [0.1, 0.15) is 5.60 Å². The molecule has 2 fully saturated rings. The van der Waals surface area contributed by atoms with E-state index in [0.717, 1.165) is 25.8 Å². The fourth-order valence-electron chi connectivity index (χ4n) is 2.47. The molecule has 2 heterocycles. The third kappa shape index (κ3) is 3.64. The molecule has 0 spiro atoms. The minimum Gasteiger partial charge on any atom is -0.382 e. The van der Waals surface area contributed by atoms with Crippen LogP contribution in [0.2, 0.25) is 0 Å². The Morgan fingerprint density at radius 1 is 1.58 bits per heavy atom. The van der Waals surface area contributed by atoms with Crippen molar-refractivity contribution in [1.29, 1.82) is 0 Å². The van der Waals surface area contributed by atoms with Gasteiger partial charge in [-0.3, -0.25) is 4.79 Å². The van der Waals surface area contributed by atoms with E-state index in [1.165, 1.54) is 7.11 Å². The first kappa shape index (κ1) is 14.7. The van der Waals surface area contributed by atoms with Crippen LogP contribution < -0.4 is 10.8 Å². The van der Waals surface area contributed by atoms with Crippen LogP contribution in [-0.4, -0.2) is 55.8 Å². The molecule has 0 aromatic carbocycles. The highest BCUT2D eigenvalue weighted by Crippen LogP contribution is 2.26. The van der Waals surface area contributed by atoms with Crippen molar-refractivity contribution in [2.45, 2.75) is 43.6 Å². The fourth-order valence-corrected chi connectivity index (χ4v) is 2.47. The van der Waals surface area contributed by atoms with Gasteiger partial charge in [-0.15, -0.1) is 0 Å². The summed E-state index contributed by atoms with van der Waals surface area (Å²) in [4.78, 5) is 17.0. The van der Waals surface area contributed by atoms with Crippen molar-refractivity contribution in [3.63, 3.8) is 0 Å². The molecule has 0 radical (unpaired) electrons. The number of carbonyl (C=O) groups is 1. The first-order valence-electron chi connectivity index (χ1n) is 6.67. The zero-order valence-corrected chi connectivity index (χ0v) is 11.2. The molecule has 0 aliphatic carbocycles. The van der Waals surface area contributed by atoms with Gasteiger partial charge < -0.3 is 19.9 Å². The van der Waals surface area contributed by atoms with Crippen LogP contribution >= 0.6 is 0 Å². The Hall–Kier alpha value is -0.730. The van der Waals surface area contributed by atoms with Crippen LogP contribution in [0, 0.1) is 0 Å². The van der Waals surface area contributed by atoms with E-state index in [2.05, 4.69) is 10.8 Å². The number of methoxy groups -OCH3 is 1. The van der Waals surface area contributed by atoms with Gasteiger partial charge in [-0.25, -0.2) is 10.3 Å². The fraction of sp³-hybridized carbons (Fsp3) is 0.917. The lowest BCUT2D eigenvalue weighted by Crippen LogP contribution is -2.55. The summed E-state index contributed by atoms with van der Waals surface area (Å²) < 4.78 is 10.4. The summed E-state index contributed by atoms with van der Waals surface area (Å²) in [5.41, 5.74) is 1.15. The molecule has 0 saturated carbocycles. The molecule has 2 saturated heterocycles. The molecule has 3 N–H and O–H groups in total. The van der Waals surface area contributed by atoms with Crippen molar-refractivity contribution in [3.8, 4) is 0 Å². The van der Waals surface area contributed by atoms with Gasteiger partial charge in [0.2, 0.25) is 6.29 Å². The predicted molar refractivity (Wildman–Crippen MR) is 66.1 cm³/mol. The van der Waals surface area contributed by atoms with Gasteiger partial charge in [0.15, 0.2) is 0 Å². The van der Waals surface area contributed by atoms with Crippen molar-refractivity contribution in [2.24, 2.45) is 0 Å². The number of aliphatic hydroxyl groups is 1. The van der Waals surface area contributed by atoms with Crippen LogP contribution in [0.1, 0.15) is 25.7 Å². The lowest BCUT2D eigenvalue weighted by molar-refractivity contribution is -0.289. The minimum absolute atomic E-state index is 0.106. The zero-order chi connectivity index (χ0) is 13.7. The second kappa shape index (κ2) is 6.62. The Morgan fingerprint density at radius 2 is 2.42 bits per heavy atom. The summed E-state index contributed by atoms with van der Waals surface area (Å²) in [6.45, 7) is 1.44. The lowest BCUT2D eigenvalue weighted by atomic mass is 9.96. The molecular formula is C12H22N2O5. The van der Waals surface area contributed by atoms with E-state index in [1.807, 2.05) is 0 Å². The van der Waals surface area contributed by atoms with Gasteiger partial charge in [0.25, 0.3) is 5.91 Å². The normalized spacial score (nSPS) is 35.3. The molecule has 7 nitrogen and oxygen atoms in total. The largest absolute Gasteiger partial charge is 0.382 e. The number of hydrogen-bond donors (Lipinski definition) is 3. The van der Waals surface area contributed by atoms with Crippen LogP contribution in [-0.2, 0) is 19.1 Å². The smallest absolute Gasteiger partial charge is 0.260 e. The van der Waals surface area contributed by atoms with Gasteiger partial charge in [-0.1, -0.05) is 0 Å². The topological polar surface area (TPSA) is 89.1 Å². The average Bonchev–Trinajstić information content (AvgIpc) is 2.91. The second-order valence-corrected chi connectivity index (χ2v) is 5.08. The summed E-state index contributed by atoms with van der Waals surface area (Å²) in [5, 5.41) is 13.4. The highest BCUT2D eigenvalue weighted by molar-refractivity contribution is 5.81. The number of amides is 1. The second-order valence-electron chi connectivity index (χ2n) is 5.08. The number of nitrogens with one attached hydrogen (secondary N) is 2. The van der Waals surface area contributed by atoms with Crippen molar-refractivity contribution in [1.82, 2.24) is 10.8 Å². The molecule has 1 amide bonds. The van der Waals surface area contributed by atoms with Gasteiger partial charge in [-0.2, -0.15) is 0 Å². The minimum atomic E-state index is -1.22. The van der Waals surface area contributed by atoms with Crippen molar-refractivity contribution >= 4 is 5.91 Å². The zero-order valence-electron chi connectivity index (χ0n) is 11.2. The van der Waals surface area contributed by atoms with E-state index in [-0.39, 0.29) is 18.6 Å². The number of ether oxygens (including phenoxy) is 2. The van der Waals surface area contributed by atoms with E-state index < -0.39 is 11.9 Å². The van der Waals surface area contributed by atoms with Crippen LogP contribution in [0.25, 0.3) is 0 Å². The Morgan fingerprint density at radius 3 is 3.11 bits per heavy atom. The molecule has 0 aromatic heterocycles. The number of hydrogen-bond acceptors (Lipinski definition) is 6. The van der Waals surface area contributed by atoms with Crippen molar-refractivity contribution in [2.75, 3.05) is 26.9 Å². The molecule has 3 atom stereocenters. The van der Waals surface area contributed by atoms with Gasteiger partial charge in [0, 0.05) is 7.11 Å². The quantitative estimate of drug-likeness (QED) is 0.575. The lowest BCUT2D eigenvalue weighted by Gasteiger charge is -2.38. The van der Waals surface area contributed by atoms with E-state index in [0.29, 0.717) is 13.0 Å². The standard InChI is InChI=1S/C12H22N2O5/c1-17-8-12(16)5-3-7-18-11(12)19-14-10(15)9-4-2-6-13-9/h9,11,13,16H,2-8H2,1H3,(H,14,15). The van der Waals surface area contributed by atoms with Crippen LogP contribution in [0.4, 0.5) is 0 Å². The third-order valence-electron chi connectivity index (χ3n) is 3.50. The maximum absolute atomic E-state index is 11.8. The van der Waals surface area contributed by atoms with E-state index >= 15 is 0 Å². The van der Waals surface area contributed by atoms with E-state index in [1.54, 1.807) is 0 Å². The summed E-state index contributed by atoms with van der Waals surface area (Å²) >= 11 is 0. The van der Waals surface area contributed by atoms with Crippen LogP contribution in [0.3, 0.4) is 0 Å². The predicted octanol–water partition coefficient (Wildman–Crippen LogP) is -0.700. The number of carbonyl (C=O) groups excluding carboxylic acids is 1. The molecule has 2 aliphatic rings. The average molecular weight is 274 g/mol. The monoisotopic (exact) mass is 274 g/mol. The molecule has 19 heavy (non-hydrogen) atoms. The maximum atomic E-state index is 11.8. The van der Waals surface area contributed by atoms with Crippen LogP contribution in [0.5, 0.6) is 0 Å². The Bertz CT molecular complexity index is 304.